The Bertz CT molecular complexity index is 209. The van der Waals surface area contributed by atoms with E-state index in [1.54, 1.807) is 17.8 Å². The maximum Gasteiger partial charge on any atom is 0.217 e. The van der Waals surface area contributed by atoms with Crippen molar-refractivity contribution >= 4 is 5.82 Å². The second kappa shape index (κ2) is 1.97. The third-order valence-electron chi connectivity index (χ3n) is 1.19. The van der Waals surface area contributed by atoms with Gasteiger partial charge in [0, 0.05) is 18.8 Å². The number of aryl methyl sites for hydroxylation is 2. The Kier molecular flexibility index (Phi) is 1.30. The van der Waals surface area contributed by atoms with Crippen LogP contribution in [-0.2, 0) is 7.05 Å². The zero-order valence-corrected chi connectivity index (χ0v) is 5.33. The summed E-state index contributed by atoms with van der Waals surface area (Å²) in [7, 11) is 1.77. The van der Waals surface area contributed by atoms with E-state index in [0.717, 1.165) is 5.69 Å². The minimum absolute atomic E-state index is 0.245. The highest BCUT2D eigenvalue weighted by Crippen LogP contribution is 2.08. The highest BCUT2D eigenvalue weighted by molar-refractivity contribution is 5.27. The van der Waals surface area contributed by atoms with Gasteiger partial charge in [0.25, 0.3) is 0 Å². The molecule has 0 bridgehead atoms. The lowest BCUT2D eigenvalue weighted by molar-refractivity contribution is 0.741. The van der Waals surface area contributed by atoms with Crippen LogP contribution >= 0.6 is 0 Å². The van der Waals surface area contributed by atoms with E-state index in [1.165, 1.54) is 0 Å². The normalized spacial score (nSPS) is 9.56. The fraction of sp³-hybridized carbons (Fsp3) is 0.400. The molecule has 1 aromatic heterocycles. The molecule has 9 heavy (non-hydrogen) atoms. The number of nitroso groups, excluding NO2 is 1. The van der Waals surface area contributed by atoms with Crippen molar-refractivity contribution in [2.75, 3.05) is 0 Å². The van der Waals surface area contributed by atoms with Gasteiger partial charge in [0.15, 0.2) is 0 Å². The van der Waals surface area contributed by atoms with Crippen molar-refractivity contribution in [3.63, 3.8) is 0 Å². The standard InChI is InChI=1S/C5H7N3O/c1-4-3-5(7-9)6-8(4)2/h3H,1-2H3. The van der Waals surface area contributed by atoms with Crippen LogP contribution in [0.15, 0.2) is 11.2 Å². The molecule has 0 radical (unpaired) electrons. The highest BCUT2D eigenvalue weighted by atomic mass is 16.3. The van der Waals surface area contributed by atoms with E-state index in [-0.39, 0.29) is 5.82 Å². The first-order chi connectivity index (χ1) is 4.24. The maximum atomic E-state index is 9.85. The van der Waals surface area contributed by atoms with E-state index >= 15 is 0 Å². The third-order valence-corrected chi connectivity index (χ3v) is 1.19. The second-order valence-corrected chi connectivity index (χ2v) is 1.86. The molecule has 0 saturated heterocycles. The molecule has 0 atom stereocenters. The first kappa shape index (κ1) is 5.94. The first-order valence-corrected chi connectivity index (χ1v) is 2.58. The lowest BCUT2D eigenvalue weighted by atomic mass is 10.5. The Morgan fingerprint density at radius 1 is 1.78 bits per heavy atom. The highest BCUT2D eigenvalue weighted by Gasteiger charge is 1.97. The number of hydrogen-bond donors (Lipinski definition) is 0. The van der Waals surface area contributed by atoms with Crippen molar-refractivity contribution < 1.29 is 0 Å². The van der Waals surface area contributed by atoms with Crippen molar-refractivity contribution in [2.45, 2.75) is 6.92 Å². The molecule has 4 nitrogen and oxygen atoms in total. The molecule has 0 aromatic carbocycles. The predicted octanol–water partition coefficient (Wildman–Crippen LogP) is 1.13. The van der Waals surface area contributed by atoms with Crippen LogP contribution in [0.3, 0.4) is 0 Å². The van der Waals surface area contributed by atoms with Crippen LogP contribution in [0.1, 0.15) is 5.69 Å². The quantitative estimate of drug-likeness (QED) is 0.528. The predicted molar refractivity (Wildman–Crippen MR) is 33.4 cm³/mol. The Labute approximate surface area is 52.5 Å². The Morgan fingerprint density at radius 2 is 2.44 bits per heavy atom. The Balaban J connectivity index is 3.11. The molecule has 4 heteroatoms. The fourth-order valence-electron chi connectivity index (χ4n) is 0.586. The molecule has 0 saturated carbocycles. The van der Waals surface area contributed by atoms with Gasteiger partial charge in [-0.3, -0.25) is 4.68 Å². The van der Waals surface area contributed by atoms with Gasteiger partial charge in [-0.1, -0.05) is 0 Å². The van der Waals surface area contributed by atoms with E-state index in [2.05, 4.69) is 10.3 Å². The molecule has 1 aromatic rings. The maximum absolute atomic E-state index is 9.85. The number of rotatable bonds is 1. The molecule has 0 aliphatic rings. The SMILES string of the molecule is Cc1cc(N=O)nn1C. The summed E-state index contributed by atoms with van der Waals surface area (Å²) in [5, 5.41) is 6.44. The summed E-state index contributed by atoms with van der Waals surface area (Å²) >= 11 is 0. The van der Waals surface area contributed by atoms with Gasteiger partial charge in [0.2, 0.25) is 5.82 Å². The molecule has 0 aliphatic heterocycles. The van der Waals surface area contributed by atoms with Crippen molar-refractivity contribution in [1.29, 1.82) is 0 Å². The van der Waals surface area contributed by atoms with Gasteiger partial charge in [0.1, 0.15) is 0 Å². The van der Waals surface area contributed by atoms with Crippen LogP contribution in [0.25, 0.3) is 0 Å². The second-order valence-electron chi connectivity index (χ2n) is 1.86. The van der Waals surface area contributed by atoms with E-state index < -0.39 is 0 Å². The molecule has 0 fully saturated rings. The van der Waals surface area contributed by atoms with Crippen molar-refractivity contribution in [1.82, 2.24) is 9.78 Å². The lowest BCUT2D eigenvalue weighted by Crippen LogP contribution is -1.90. The molecule has 0 N–H and O–H groups in total. The van der Waals surface area contributed by atoms with Gasteiger partial charge in [-0.2, -0.15) is 0 Å². The lowest BCUT2D eigenvalue weighted by Gasteiger charge is -1.87. The first-order valence-electron chi connectivity index (χ1n) is 2.58. The molecule has 0 aliphatic carbocycles. The summed E-state index contributed by atoms with van der Waals surface area (Å²) in [6, 6.07) is 1.63. The fourth-order valence-corrected chi connectivity index (χ4v) is 0.586. The molecule has 48 valence electrons. The summed E-state index contributed by atoms with van der Waals surface area (Å²) in [6.07, 6.45) is 0. The smallest absolute Gasteiger partial charge is 0.217 e. The number of hydrogen-bond acceptors (Lipinski definition) is 3. The van der Waals surface area contributed by atoms with Gasteiger partial charge in [-0.05, 0) is 12.1 Å². The van der Waals surface area contributed by atoms with Gasteiger partial charge in [-0.15, -0.1) is 10.0 Å². The average molecular weight is 125 g/mol. The Morgan fingerprint density at radius 3 is 2.67 bits per heavy atom. The van der Waals surface area contributed by atoms with Crippen LogP contribution in [-0.4, -0.2) is 9.78 Å². The average Bonchev–Trinajstić information content (AvgIpc) is 2.13. The molecule has 0 spiro atoms. The van der Waals surface area contributed by atoms with Gasteiger partial charge >= 0.3 is 0 Å². The Hall–Kier alpha value is -1.19. The minimum Gasteiger partial charge on any atom is -0.271 e. The number of aromatic nitrogens is 2. The van der Waals surface area contributed by atoms with Gasteiger partial charge in [-0.25, -0.2) is 0 Å². The minimum atomic E-state index is 0.245. The van der Waals surface area contributed by atoms with Crippen molar-refractivity contribution in [2.24, 2.45) is 12.2 Å². The van der Waals surface area contributed by atoms with E-state index in [0.29, 0.717) is 0 Å². The van der Waals surface area contributed by atoms with Crippen LogP contribution in [0.4, 0.5) is 5.82 Å². The van der Waals surface area contributed by atoms with Gasteiger partial charge < -0.3 is 0 Å². The van der Waals surface area contributed by atoms with Crippen LogP contribution in [0, 0.1) is 11.8 Å². The van der Waals surface area contributed by atoms with Crippen molar-refractivity contribution in [3.05, 3.63) is 16.7 Å². The largest absolute Gasteiger partial charge is 0.271 e. The molecule has 0 amide bonds. The number of nitrogens with zero attached hydrogens (tertiary/aromatic N) is 3. The van der Waals surface area contributed by atoms with Crippen LogP contribution in [0.2, 0.25) is 0 Å². The molecule has 1 heterocycles. The van der Waals surface area contributed by atoms with E-state index in [4.69, 9.17) is 0 Å². The van der Waals surface area contributed by atoms with Crippen molar-refractivity contribution in [3.8, 4) is 0 Å². The molecule has 0 unspecified atom stereocenters. The molecular formula is C5H7N3O. The van der Waals surface area contributed by atoms with Crippen LogP contribution < -0.4 is 0 Å². The molecular weight excluding hydrogens is 118 g/mol. The molecule has 1 rings (SSSR count). The van der Waals surface area contributed by atoms with Crippen LogP contribution in [0.5, 0.6) is 0 Å². The zero-order chi connectivity index (χ0) is 6.85. The summed E-state index contributed by atoms with van der Waals surface area (Å²) in [6.45, 7) is 1.86. The summed E-state index contributed by atoms with van der Waals surface area (Å²) in [5.74, 6) is 0.245. The summed E-state index contributed by atoms with van der Waals surface area (Å²) < 4.78 is 1.61. The van der Waals surface area contributed by atoms with E-state index in [1.807, 2.05) is 6.92 Å². The third kappa shape index (κ3) is 0.960. The summed E-state index contributed by atoms with van der Waals surface area (Å²) in [4.78, 5) is 9.85. The topological polar surface area (TPSA) is 47.2 Å². The zero-order valence-electron chi connectivity index (χ0n) is 5.33. The van der Waals surface area contributed by atoms with Gasteiger partial charge in [0.05, 0.1) is 0 Å². The summed E-state index contributed by atoms with van der Waals surface area (Å²) in [5.41, 5.74) is 0.935. The van der Waals surface area contributed by atoms with E-state index in [9.17, 15) is 4.91 Å². The monoisotopic (exact) mass is 125 g/mol.